The maximum Gasteiger partial charge on any atom is 0.336 e. The predicted octanol–water partition coefficient (Wildman–Crippen LogP) is 4.80. The molecule has 0 unspecified atom stereocenters. The summed E-state index contributed by atoms with van der Waals surface area (Å²) >= 11 is 0. The number of benzene rings is 2. The molecule has 0 aliphatic carbocycles. The van der Waals surface area contributed by atoms with Gasteiger partial charge in [0, 0.05) is 48.0 Å². The zero-order chi connectivity index (χ0) is 19.5. The Bertz CT molecular complexity index is 1020. The normalized spacial score (nSPS) is 14.8. The van der Waals surface area contributed by atoms with Crippen LogP contribution in [0.25, 0.3) is 11.0 Å². The molecule has 0 spiro atoms. The highest BCUT2D eigenvalue weighted by Gasteiger charge is 2.12. The lowest BCUT2D eigenvalue weighted by Gasteiger charge is -2.23. The molecular formula is C23H26N2O3. The van der Waals surface area contributed by atoms with E-state index in [0.29, 0.717) is 17.7 Å². The molecule has 1 fully saturated rings. The van der Waals surface area contributed by atoms with E-state index in [9.17, 15) is 9.90 Å². The third kappa shape index (κ3) is 3.84. The zero-order valence-electron chi connectivity index (χ0n) is 16.2. The van der Waals surface area contributed by atoms with Crippen LogP contribution in [0.15, 0.2) is 51.7 Å². The average Bonchev–Trinajstić information content (AvgIpc) is 2.99. The van der Waals surface area contributed by atoms with Gasteiger partial charge in [-0.1, -0.05) is 12.8 Å². The average molecular weight is 378 g/mol. The highest BCUT2D eigenvalue weighted by Crippen LogP contribution is 2.28. The Morgan fingerprint density at radius 3 is 2.46 bits per heavy atom. The lowest BCUT2D eigenvalue weighted by atomic mass is 10.1. The number of rotatable bonds is 4. The van der Waals surface area contributed by atoms with Crippen molar-refractivity contribution >= 4 is 22.3 Å². The van der Waals surface area contributed by atoms with Gasteiger partial charge >= 0.3 is 5.63 Å². The summed E-state index contributed by atoms with van der Waals surface area (Å²) in [6, 6.07) is 13.4. The quantitative estimate of drug-likeness (QED) is 0.639. The maximum atomic E-state index is 11.9. The summed E-state index contributed by atoms with van der Waals surface area (Å²) in [5.74, 6) is 0.130. The van der Waals surface area contributed by atoms with E-state index < -0.39 is 5.63 Å². The van der Waals surface area contributed by atoms with Crippen LogP contribution in [-0.2, 0) is 6.54 Å². The summed E-state index contributed by atoms with van der Waals surface area (Å²) in [4.78, 5) is 14.4. The molecule has 0 bridgehead atoms. The van der Waals surface area contributed by atoms with Gasteiger partial charge in [-0.25, -0.2) is 4.79 Å². The monoisotopic (exact) mass is 378 g/mol. The molecular weight excluding hydrogens is 352 g/mol. The summed E-state index contributed by atoms with van der Waals surface area (Å²) in [7, 11) is 0. The first kappa shape index (κ1) is 18.4. The predicted molar refractivity (Wildman–Crippen MR) is 113 cm³/mol. The standard InChI is InChI=1S/C23H26N2O3/c1-16-21(26)11-10-20-17(14-22(27)28-23(16)20)15-24-18-6-8-19(9-7-18)25-12-4-2-3-5-13-25/h6-11,14,24,26H,2-5,12-13,15H2,1H3. The van der Waals surface area contributed by atoms with Crippen LogP contribution >= 0.6 is 0 Å². The number of aryl methyl sites for hydroxylation is 1. The van der Waals surface area contributed by atoms with E-state index in [1.807, 2.05) is 0 Å². The summed E-state index contributed by atoms with van der Waals surface area (Å²) in [6.07, 6.45) is 5.18. The lowest BCUT2D eigenvalue weighted by Crippen LogP contribution is -2.23. The van der Waals surface area contributed by atoms with Crippen LogP contribution in [0.5, 0.6) is 5.75 Å². The number of hydrogen-bond acceptors (Lipinski definition) is 5. The van der Waals surface area contributed by atoms with Gasteiger partial charge in [0.05, 0.1) is 0 Å². The summed E-state index contributed by atoms with van der Waals surface area (Å²) in [5, 5.41) is 14.1. The smallest absolute Gasteiger partial charge is 0.336 e. The van der Waals surface area contributed by atoms with Gasteiger partial charge in [0.1, 0.15) is 11.3 Å². The minimum Gasteiger partial charge on any atom is -0.508 e. The van der Waals surface area contributed by atoms with Crippen molar-refractivity contribution in [3.05, 3.63) is 64.0 Å². The van der Waals surface area contributed by atoms with Crippen molar-refractivity contribution in [2.75, 3.05) is 23.3 Å². The van der Waals surface area contributed by atoms with Crippen LogP contribution < -0.4 is 15.8 Å². The molecule has 1 aliphatic rings. The second kappa shape index (κ2) is 7.97. The third-order valence-electron chi connectivity index (χ3n) is 5.54. The Morgan fingerprint density at radius 1 is 1.04 bits per heavy atom. The second-order valence-electron chi connectivity index (χ2n) is 7.48. The number of nitrogens with zero attached hydrogens (tertiary/aromatic N) is 1. The number of phenols is 1. The molecule has 28 heavy (non-hydrogen) atoms. The van der Waals surface area contributed by atoms with Crippen LogP contribution in [0.3, 0.4) is 0 Å². The van der Waals surface area contributed by atoms with Gasteiger partial charge in [-0.05, 0) is 61.7 Å². The van der Waals surface area contributed by atoms with E-state index in [-0.39, 0.29) is 5.75 Å². The van der Waals surface area contributed by atoms with Crippen LogP contribution in [0.1, 0.15) is 36.8 Å². The molecule has 1 aliphatic heterocycles. The first-order valence-electron chi connectivity index (χ1n) is 9.96. The number of phenolic OH excluding ortho intramolecular Hbond substituents is 1. The van der Waals surface area contributed by atoms with E-state index >= 15 is 0 Å². The highest BCUT2D eigenvalue weighted by molar-refractivity contribution is 5.85. The van der Waals surface area contributed by atoms with Gasteiger partial charge in [-0.15, -0.1) is 0 Å². The van der Waals surface area contributed by atoms with Crippen molar-refractivity contribution in [2.45, 2.75) is 39.2 Å². The fourth-order valence-corrected chi connectivity index (χ4v) is 3.88. The second-order valence-corrected chi connectivity index (χ2v) is 7.48. The molecule has 146 valence electrons. The van der Waals surface area contributed by atoms with E-state index in [2.05, 4.69) is 34.5 Å². The van der Waals surface area contributed by atoms with E-state index in [0.717, 1.165) is 29.7 Å². The molecule has 5 nitrogen and oxygen atoms in total. The largest absolute Gasteiger partial charge is 0.508 e. The summed E-state index contributed by atoms with van der Waals surface area (Å²) < 4.78 is 5.31. The van der Waals surface area contributed by atoms with Gasteiger partial charge in [0.25, 0.3) is 0 Å². The number of nitrogens with one attached hydrogen (secondary N) is 1. The Labute approximate surface area is 164 Å². The number of anilines is 2. The molecule has 4 rings (SSSR count). The van der Waals surface area contributed by atoms with Crippen LogP contribution in [0.2, 0.25) is 0 Å². The van der Waals surface area contributed by atoms with Crippen molar-refractivity contribution in [1.82, 2.24) is 0 Å². The molecule has 1 saturated heterocycles. The van der Waals surface area contributed by atoms with Crippen molar-refractivity contribution in [3.63, 3.8) is 0 Å². The summed E-state index contributed by atoms with van der Waals surface area (Å²) in [6.45, 7) is 4.52. The maximum absolute atomic E-state index is 11.9. The minimum atomic E-state index is -0.408. The molecule has 2 heterocycles. The number of fused-ring (bicyclic) bond motifs is 1. The molecule has 3 aromatic rings. The van der Waals surface area contributed by atoms with E-state index in [1.54, 1.807) is 19.1 Å². The van der Waals surface area contributed by atoms with Crippen molar-refractivity contribution in [1.29, 1.82) is 0 Å². The molecule has 2 aromatic carbocycles. The van der Waals surface area contributed by atoms with E-state index in [4.69, 9.17) is 4.42 Å². The van der Waals surface area contributed by atoms with Gasteiger partial charge < -0.3 is 19.7 Å². The van der Waals surface area contributed by atoms with Crippen LogP contribution in [0.4, 0.5) is 11.4 Å². The molecule has 0 saturated carbocycles. The lowest BCUT2D eigenvalue weighted by molar-refractivity contribution is 0.468. The van der Waals surface area contributed by atoms with Crippen molar-refractivity contribution < 1.29 is 9.52 Å². The number of aromatic hydroxyl groups is 1. The fourth-order valence-electron chi connectivity index (χ4n) is 3.88. The topological polar surface area (TPSA) is 65.7 Å². The van der Waals surface area contributed by atoms with Gasteiger partial charge in [-0.3, -0.25) is 0 Å². The summed E-state index contributed by atoms with van der Waals surface area (Å²) in [5.41, 5.74) is 3.75. The SMILES string of the molecule is Cc1c(O)ccc2c(CNc3ccc(N4CCCCCC4)cc3)cc(=O)oc12. The van der Waals surface area contributed by atoms with Crippen LogP contribution in [-0.4, -0.2) is 18.2 Å². The van der Waals surface area contributed by atoms with Crippen LogP contribution in [0, 0.1) is 6.92 Å². The third-order valence-corrected chi connectivity index (χ3v) is 5.54. The Kier molecular flexibility index (Phi) is 5.24. The van der Waals surface area contributed by atoms with E-state index in [1.165, 1.54) is 37.4 Å². The van der Waals surface area contributed by atoms with Gasteiger partial charge in [0.2, 0.25) is 0 Å². The van der Waals surface area contributed by atoms with Crippen molar-refractivity contribution in [2.24, 2.45) is 0 Å². The minimum absolute atomic E-state index is 0.130. The highest BCUT2D eigenvalue weighted by atomic mass is 16.4. The molecule has 5 heteroatoms. The fraction of sp³-hybridized carbons (Fsp3) is 0.348. The first-order valence-corrected chi connectivity index (χ1v) is 9.96. The van der Waals surface area contributed by atoms with Crippen molar-refractivity contribution in [3.8, 4) is 5.75 Å². The Hall–Kier alpha value is -2.95. The number of hydrogen-bond donors (Lipinski definition) is 2. The van der Waals surface area contributed by atoms with Gasteiger partial charge in [-0.2, -0.15) is 0 Å². The molecule has 2 N–H and O–H groups in total. The Morgan fingerprint density at radius 2 is 1.75 bits per heavy atom. The first-order chi connectivity index (χ1) is 13.6. The van der Waals surface area contributed by atoms with Gasteiger partial charge in [0.15, 0.2) is 0 Å². The molecule has 1 aromatic heterocycles. The Balaban J connectivity index is 1.52. The molecule has 0 radical (unpaired) electrons. The molecule has 0 atom stereocenters. The zero-order valence-corrected chi connectivity index (χ0v) is 16.2. The molecule has 0 amide bonds.